The van der Waals surface area contributed by atoms with Gasteiger partial charge in [0.2, 0.25) is 11.8 Å². The Morgan fingerprint density at radius 2 is 1.76 bits per heavy atom. The summed E-state index contributed by atoms with van der Waals surface area (Å²) in [6.45, 7) is 2.45. The molecular formula is C26H30FN3O4. The Kier molecular flexibility index (Phi) is 7.47. The van der Waals surface area contributed by atoms with E-state index in [2.05, 4.69) is 10.2 Å². The summed E-state index contributed by atoms with van der Waals surface area (Å²) in [5, 5.41) is 3.07. The Morgan fingerprint density at radius 3 is 2.44 bits per heavy atom. The van der Waals surface area contributed by atoms with Crippen molar-refractivity contribution in [3.05, 3.63) is 65.1 Å². The molecule has 2 heterocycles. The van der Waals surface area contributed by atoms with Gasteiger partial charge in [-0.15, -0.1) is 0 Å². The van der Waals surface area contributed by atoms with Gasteiger partial charge in [-0.1, -0.05) is 12.1 Å². The van der Waals surface area contributed by atoms with Crippen molar-refractivity contribution in [1.29, 1.82) is 0 Å². The van der Waals surface area contributed by atoms with E-state index in [-0.39, 0.29) is 36.6 Å². The van der Waals surface area contributed by atoms with Crippen LogP contribution in [0.2, 0.25) is 0 Å². The van der Waals surface area contributed by atoms with Gasteiger partial charge in [0.15, 0.2) is 11.5 Å². The van der Waals surface area contributed by atoms with Crippen LogP contribution < -0.4 is 14.8 Å². The largest absolute Gasteiger partial charge is 0.493 e. The second kappa shape index (κ2) is 10.7. The van der Waals surface area contributed by atoms with Crippen LogP contribution in [0.25, 0.3) is 6.08 Å². The number of halogens is 1. The quantitative estimate of drug-likeness (QED) is 0.678. The van der Waals surface area contributed by atoms with Crippen molar-refractivity contribution in [2.24, 2.45) is 0 Å². The number of nitrogens with one attached hydrogen (secondary N) is 1. The van der Waals surface area contributed by atoms with E-state index in [0.29, 0.717) is 11.5 Å². The van der Waals surface area contributed by atoms with E-state index in [1.165, 1.54) is 17.0 Å². The van der Waals surface area contributed by atoms with Gasteiger partial charge in [0.25, 0.3) is 0 Å². The first-order valence-electron chi connectivity index (χ1n) is 11.4. The van der Waals surface area contributed by atoms with Gasteiger partial charge in [-0.3, -0.25) is 14.5 Å². The summed E-state index contributed by atoms with van der Waals surface area (Å²) in [6.07, 6.45) is 5.33. The van der Waals surface area contributed by atoms with E-state index in [4.69, 9.17) is 9.47 Å². The minimum Gasteiger partial charge on any atom is -0.493 e. The average Bonchev–Trinajstić information content (AvgIpc) is 2.98. The highest BCUT2D eigenvalue weighted by molar-refractivity contribution is 5.89. The maximum Gasteiger partial charge on any atom is 0.240 e. The molecule has 34 heavy (non-hydrogen) atoms. The lowest BCUT2D eigenvalue weighted by Crippen LogP contribution is -2.47. The molecule has 0 aliphatic carbocycles. The van der Waals surface area contributed by atoms with Gasteiger partial charge in [-0.05, 0) is 59.9 Å². The van der Waals surface area contributed by atoms with Crippen molar-refractivity contribution >= 4 is 17.9 Å². The molecule has 1 N–H and O–H groups in total. The predicted molar refractivity (Wildman–Crippen MR) is 127 cm³/mol. The Bertz CT molecular complexity index is 1060. The minimum atomic E-state index is -0.230. The number of benzene rings is 2. The van der Waals surface area contributed by atoms with Crippen LogP contribution in [0.5, 0.6) is 11.5 Å². The highest BCUT2D eigenvalue weighted by Crippen LogP contribution is 2.32. The van der Waals surface area contributed by atoms with E-state index in [1.807, 2.05) is 12.1 Å². The van der Waals surface area contributed by atoms with Crippen molar-refractivity contribution in [3.63, 3.8) is 0 Å². The van der Waals surface area contributed by atoms with E-state index in [0.717, 1.165) is 49.2 Å². The molecule has 1 saturated heterocycles. The summed E-state index contributed by atoms with van der Waals surface area (Å²) in [5.74, 6) is 0.614. The Hall–Kier alpha value is -3.39. The van der Waals surface area contributed by atoms with Crippen LogP contribution in [0, 0.1) is 5.82 Å². The first-order chi connectivity index (χ1) is 16.4. The molecular weight excluding hydrogens is 437 g/mol. The lowest BCUT2D eigenvalue weighted by Gasteiger charge is -2.32. The minimum absolute atomic E-state index is 0.0205. The molecule has 0 saturated carbocycles. The number of nitrogens with zero attached hydrogens (tertiary/aromatic N) is 2. The van der Waals surface area contributed by atoms with Crippen LogP contribution in [-0.2, 0) is 22.6 Å². The molecule has 7 nitrogen and oxygen atoms in total. The van der Waals surface area contributed by atoms with Gasteiger partial charge in [0.05, 0.1) is 20.6 Å². The molecule has 0 spiro atoms. The number of hydrogen-bond acceptors (Lipinski definition) is 5. The summed E-state index contributed by atoms with van der Waals surface area (Å²) in [5.41, 5.74) is 2.77. The van der Waals surface area contributed by atoms with Crippen LogP contribution in [0.4, 0.5) is 4.39 Å². The highest BCUT2D eigenvalue weighted by atomic mass is 19.1. The SMILES string of the molecule is COc1cc2c(cc1OC)CC(=O)N(CC(=O)NC1CCN(Cc3ccc(F)cc3)CC1)C=C2. The third-order valence-electron chi connectivity index (χ3n) is 6.33. The first-order valence-corrected chi connectivity index (χ1v) is 11.4. The summed E-state index contributed by atoms with van der Waals surface area (Å²) in [6, 6.07) is 10.3. The lowest BCUT2D eigenvalue weighted by molar-refractivity contribution is -0.133. The second-order valence-corrected chi connectivity index (χ2v) is 8.66. The number of methoxy groups -OCH3 is 2. The van der Waals surface area contributed by atoms with E-state index < -0.39 is 0 Å². The second-order valence-electron chi connectivity index (χ2n) is 8.66. The van der Waals surface area contributed by atoms with Crippen molar-refractivity contribution in [2.75, 3.05) is 33.9 Å². The maximum atomic E-state index is 13.1. The zero-order chi connectivity index (χ0) is 24.1. The molecule has 0 atom stereocenters. The fourth-order valence-corrected chi connectivity index (χ4v) is 4.42. The van der Waals surface area contributed by atoms with Crippen LogP contribution in [0.1, 0.15) is 29.5 Å². The van der Waals surface area contributed by atoms with Crippen molar-refractivity contribution in [2.45, 2.75) is 31.8 Å². The molecule has 0 bridgehead atoms. The molecule has 0 unspecified atom stereocenters. The van der Waals surface area contributed by atoms with Crippen LogP contribution in [0.15, 0.2) is 42.6 Å². The molecule has 2 aromatic rings. The summed E-state index contributed by atoms with van der Waals surface area (Å²) in [4.78, 5) is 29.2. The number of carbonyl (C=O) groups excluding carboxylic acids is 2. The number of piperidine rings is 1. The zero-order valence-corrected chi connectivity index (χ0v) is 19.6. The number of fused-ring (bicyclic) bond motifs is 1. The third kappa shape index (κ3) is 5.75. The molecule has 1 fully saturated rings. The van der Waals surface area contributed by atoms with Gasteiger partial charge < -0.3 is 19.7 Å². The molecule has 8 heteroatoms. The molecule has 2 aliphatic rings. The van der Waals surface area contributed by atoms with Crippen LogP contribution in [-0.4, -0.2) is 61.5 Å². The molecule has 2 aliphatic heterocycles. The number of ether oxygens (including phenoxy) is 2. The number of amides is 2. The Labute approximate surface area is 199 Å². The summed E-state index contributed by atoms with van der Waals surface area (Å²) < 4.78 is 23.8. The fraction of sp³-hybridized carbons (Fsp3) is 0.385. The monoisotopic (exact) mass is 467 g/mol. The smallest absolute Gasteiger partial charge is 0.240 e. The maximum absolute atomic E-state index is 13.1. The van der Waals surface area contributed by atoms with Gasteiger partial charge in [0, 0.05) is 31.9 Å². The van der Waals surface area contributed by atoms with Gasteiger partial charge in [0.1, 0.15) is 12.4 Å². The van der Waals surface area contributed by atoms with E-state index in [1.54, 1.807) is 38.6 Å². The average molecular weight is 468 g/mol. The molecule has 0 radical (unpaired) electrons. The normalized spacial score (nSPS) is 16.7. The molecule has 2 amide bonds. The Morgan fingerprint density at radius 1 is 1.09 bits per heavy atom. The van der Waals surface area contributed by atoms with Gasteiger partial charge >= 0.3 is 0 Å². The lowest BCUT2D eigenvalue weighted by atomic mass is 10.0. The van der Waals surface area contributed by atoms with Crippen LogP contribution >= 0.6 is 0 Å². The van der Waals surface area contributed by atoms with Gasteiger partial charge in [-0.25, -0.2) is 4.39 Å². The highest BCUT2D eigenvalue weighted by Gasteiger charge is 2.24. The van der Waals surface area contributed by atoms with Crippen molar-refractivity contribution < 1.29 is 23.5 Å². The molecule has 180 valence electrons. The summed E-state index contributed by atoms with van der Waals surface area (Å²) >= 11 is 0. The first kappa shape index (κ1) is 23.8. The molecule has 4 rings (SSSR count). The third-order valence-corrected chi connectivity index (χ3v) is 6.33. The fourth-order valence-electron chi connectivity index (χ4n) is 4.42. The number of rotatable bonds is 7. The number of likely N-dealkylation sites (tertiary alicyclic amines) is 1. The topological polar surface area (TPSA) is 71.1 Å². The predicted octanol–water partition coefficient (Wildman–Crippen LogP) is 2.98. The van der Waals surface area contributed by atoms with Crippen LogP contribution in [0.3, 0.4) is 0 Å². The molecule has 0 aromatic heterocycles. The Balaban J connectivity index is 1.28. The zero-order valence-electron chi connectivity index (χ0n) is 19.6. The number of hydrogen-bond donors (Lipinski definition) is 1. The summed E-state index contributed by atoms with van der Waals surface area (Å²) in [7, 11) is 3.13. The molecule has 2 aromatic carbocycles. The van der Waals surface area contributed by atoms with E-state index >= 15 is 0 Å². The number of carbonyl (C=O) groups is 2. The van der Waals surface area contributed by atoms with Crippen molar-refractivity contribution in [1.82, 2.24) is 15.1 Å². The standard InChI is InChI=1S/C26H30FN3O4/c1-33-23-13-19-7-12-30(26(32)15-20(19)14-24(23)34-2)17-25(31)28-22-8-10-29(11-9-22)16-18-3-5-21(27)6-4-18/h3-7,12-14,22H,8-11,15-17H2,1-2H3,(H,28,31). The van der Waals surface area contributed by atoms with E-state index in [9.17, 15) is 14.0 Å². The van der Waals surface area contributed by atoms with Gasteiger partial charge in [-0.2, -0.15) is 0 Å². The van der Waals surface area contributed by atoms with Crippen molar-refractivity contribution in [3.8, 4) is 11.5 Å².